The largest absolute Gasteiger partial charge is 0.496 e. The van der Waals surface area contributed by atoms with E-state index in [0.717, 1.165) is 24.1 Å². The Bertz CT molecular complexity index is 928. The molecule has 8 heteroatoms. The van der Waals surface area contributed by atoms with Gasteiger partial charge >= 0.3 is 0 Å². The van der Waals surface area contributed by atoms with Gasteiger partial charge in [-0.2, -0.15) is 5.10 Å². The second kappa shape index (κ2) is 13.0. The number of nitrogens with one attached hydrogen (secondary N) is 2. The van der Waals surface area contributed by atoms with E-state index in [-0.39, 0.29) is 30.2 Å². The summed E-state index contributed by atoms with van der Waals surface area (Å²) in [6, 6.07) is 7.08. The minimum absolute atomic E-state index is 0.0831. The van der Waals surface area contributed by atoms with E-state index in [0.29, 0.717) is 36.2 Å². The Morgan fingerprint density at radius 1 is 1.06 bits per heavy atom. The van der Waals surface area contributed by atoms with Gasteiger partial charge in [-0.3, -0.25) is 14.3 Å². The number of carbonyl (C=O) groups is 2. The van der Waals surface area contributed by atoms with Crippen molar-refractivity contribution in [3.8, 4) is 22.8 Å². The third kappa shape index (κ3) is 6.74. The quantitative estimate of drug-likeness (QED) is 0.454. The molecule has 2 aromatic rings. The molecule has 2 amide bonds. The molecule has 0 bridgehead atoms. The fourth-order valence-electron chi connectivity index (χ4n) is 3.93. The maximum atomic E-state index is 13.2. The van der Waals surface area contributed by atoms with E-state index in [9.17, 15) is 9.59 Å². The molecule has 1 unspecified atom stereocenters. The van der Waals surface area contributed by atoms with Crippen LogP contribution in [0.4, 0.5) is 0 Å². The van der Waals surface area contributed by atoms with Crippen molar-refractivity contribution in [2.45, 2.75) is 66.5 Å². The molecular formula is C26H40N4O4. The molecule has 0 aliphatic carbocycles. The Labute approximate surface area is 203 Å². The summed E-state index contributed by atoms with van der Waals surface area (Å²) in [7, 11) is 3.23. The van der Waals surface area contributed by atoms with Gasteiger partial charge in [0.25, 0.3) is 5.91 Å². The van der Waals surface area contributed by atoms with Crippen LogP contribution in [-0.4, -0.2) is 48.4 Å². The van der Waals surface area contributed by atoms with Gasteiger partial charge in [0, 0.05) is 25.6 Å². The van der Waals surface area contributed by atoms with Crippen molar-refractivity contribution in [2.24, 2.45) is 11.8 Å². The van der Waals surface area contributed by atoms with Gasteiger partial charge in [0.15, 0.2) is 5.69 Å². The molecule has 0 saturated heterocycles. The number of rotatable bonds is 13. The van der Waals surface area contributed by atoms with Gasteiger partial charge in [0.1, 0.15) is 11.5 Å². The lowest BCUT2D eigenvalue weighted by Gasteiger charge is -2.21. The highest BCUT2D eigenvalue weighted by Crippen LogP contribution is 2.39. The van der Waals surface area contributed by atoms with Crippen LogP contribution in [0.15, 0.2) is 24.3 Å². The Morgan fingerprint density at radius 2 is 1.68 bits per heavy atom. The van der Waals surface area contributed by atoms with Crippen LogP contribution in [0.1, 0.15) is 64.4 Å². The number of aromatic nitrogens is 2. The van der Waals surface area contributed by atoms with Crippen molar-refractivity contribution in [2.75, 3.05) is 20.8 Å². The van der Waals surface area contributed by atoms with E-state index < -0.39 is 0 Å². The van der Waals surface area contributed by atoms with Crippen molar-refractivity contribution in [3.63, 3.8) is 0 Å². The zero-order chi connectivity index (χ0) is 25.3. The zero-order valence-corrected chi connectivity index (χ0v) is 21.6. The van der Waals surface area contributed by atoms with E-state index in [1.54, 1.807) is 20.3 Å². The molecule has 0 aliphatic rings. The highest BCUT2D eigenvalue weighted by atomic mass is 16.5. The van der Waals surface area contributed by atoms with Gasteiger partial charge in [-0.15, -0.1) is 0 Å². The second-order valence-electron chi connectivity index (χ2n) is 8.80. The Morgan fingerprint density at radius 3 is 2.18 bits per heavy atom. The van der Waals surface area contributed by atoms with Crippen LogP contribution in [0.25, 0.3) is 11.3 Å². The number of amides is 2. The third-order valence-electron chi connectivity index (χ3n) is 6.18. The Balaban J connectivity index is 2.48. The van der Waals surface area contributed by atoms with Crippen LogP contribution >= 0.6 is 0 Å². The van der Waals surface area contributed by atoms with Gasteiger partial charge in [-0.1, -0.05) is 46.6 Å². The lowest BCUT2D eigenvalue weighted by atomic mass is 10.00. The zero-order valence-electron chi connectivity index (χ0n) is 21.6. The minimum atomic E-state index is -0.304. The Hall–Kier alpha value is -3.03. The topological polar surface area (TPSA) is 94.5 Å². The molecule has 0 radical (unpaired) electrons. The number of carbonyl (C=O) groups excluding carboxylic acids is 2. The summed E-state index contributed by atoms with van der Waals surface area (Å²) in [6.07, 6.45) is 2.23. The van der Waals surface area contributed by atoms with Gasteiger partial charge in [0.05, 0.1) is 25.5 Å². The summed E-state index contributed by atoms with van der Waals surface area (Å²) >= 11 is 0. The van der Waals surface area contributed by atoms with Crippen molar-refractivity contribution < 1.29 is 19.1 Å². The summed E-state index contributed by atoms with van der Waals surface area (Å²) in [5.74, 6) is 1.41. The van der Waals surface area contributed by atoms with E-state index in [2.05, 4.69) is 24.5 Å². The lowest BCUT2D eigenvalue weighted by Crippen LogP contribution is -2.42. The predicted octanol–water partition coefficient (Wildman–Crippen LogP) is 4.28. The van der Waals surface area contributed by atoms with Crippen LogP contribution in [0.3, 0.4) is 0 Å². The molecule has 188 valence electrons. The fourth-order valence-corrected chi connectivity index (χ4v) is 3.93. The fraction of sp³-hybridized carbons (Fsp3) is 0.577. The molecule has 0 aliphatic heterocycles. The molecule has 0 saturated carbocycles. The van der Waals surface area contributed by atoms with Crippen LogP contribution in [0.2, 0.25) is 0 Å². The normalized spacial score (nSPS) is 12.0. The summed E-state index contributed by atoms with van der Waals surface area (Å²) in [6.45, 7) is 11.4. The molecule has 0 fully saturated rings. The molecule has 2 N–H and O–H groups in total. The first-order valence-electron chi connectivity index (χ1n) is 12.2. The highest BCUT2D eigenvalue weighted by molar-refractivity contribution is 5.94. The number of hydrogen-bond acceptors (Lipinski definition) is 5. The molecule has 1 atom stereocenters. The predicted molar refractivity (Wildman–Crippen MR) is 134 cm³/mol. The van der Waals surface area contributed by atoms with Gasteiger partial charge in [-0.25, -0.2) is 0 Å². The number of benzene rings is 1. The maximum absolute atomic E-state index is 13.2. The van der Waals surface area contributed by atoms with Crippen LogP contribution in [0.5, 0.6) is 11.5 Å². The first kappa shape index (κ1) is 27.2. The van der Waals surface area contributed by atoms with Crippen LogP contribution in [0, 0.1) is 11.8 Å². The number of nitrogens with zero attached hydrogens (tertiary/aromatic N) is 2. The van der Waals surface area contributed by atoms with E-state index >= 15 is 0 Å². The van der Waals surface area contributed by atoms with Gasteiger partial charge in [0.2, 0.25) is 5.91 Å². The smallest absolute Gasteiger partial charge is 0.272 e. The monoisotopic (exact) mass is 472 g/mol. The first-order valence-corrected chi connectivity index (χ1v) is 12.2. The second-order valence-corrected chi connectivity index (χ2v) is 8.80. The molecular weight excluding hydrogens is 432 g/mol. The number of hydrogen-bond donors (Lipinski definition) is 2. The molecule has 2 rings (SSSR count). The minimum Gasteiger partial charge on any atom is -0.496 e. The molecule has 1 aromatic heterocycles. The van der Waals surface area contributed by atoms with E-state index in [1.807, 2.05) is 43.7 Å². The van der Waals surface area contributed by atoms with E-state index in [1.165, 1.54) is 0 Å². The maximum Gasteiger partial charge on any atom is 0.272 e. The SMILES string of the molecule is CCNC(=O)CC(NC(=O)c1cc(-c2c(OC)cccc2OC)n(CC(CC)CC)n1)C(C)C. The first-order chi connectivity index (χ1) is 16.3. The molecule has 8 nitrogen and oxygen atoms in total. The van der Waals surface area contributed by atoms with Crippen LogP contribution in [-0.2, 0) is 11.3 Å². The number of methoxy groups -OCH3 is 2. The third-order valence-corrected chi connectivity index (χ3v) is 6.18. The molecule has 1 heterocycles. The standard InChI is InChI=1S/C26H40N4O4/c1-8-18(9-2)16-30-21(25-22(33-6)12-11-13-23(25)34-7)14-20(29-30)26(32)28-19(17(4)5)15-24(31)27-10-3/h11-14,17-19H,8-10,15-16H2,1-7H3,(H,27,31)(H,28,32). The van der Waals surface area contributed by atoms with Crippen molar-refractivity contribution in [1.29, 1.82) is 0 Å². The summed E-state index contributed by atoms with van der Waals surface area (Å²) < 4.78 is 13.1. The lowest BCUT2D eigenvalue weighted by molar-refractivity contribution is -0.121. The van der Waals surface area contributed by atoms with Crippen molar-refractivity contribution in [1.82, 2.24) is 20.4 Å². The summed E-state index contributed by atoms with van der Waals surface area (Å²) in [5.41, 5.74) is 1.82. The molecule has 1 aromatic carbocycles. The highest BCUT2D eigenvalue weighted by Gasteiger charge is 2.25. The Kier molecular flexibility index (Phi) is 10.4. The van der Waals surface area contributed by atoms with Crippen molar-refractivity contribution >= 4 is 11.8 Å². The average Bonchev–Trinajstić information content (AvgIpc) is 3.24. The van der Waals surface area contributed by atoms with Crippen LogP contribution < -0.4 is 20.1 Å². The van der Waals surface area contributed by atoms with E-state index in [4.69, 9.17) is 14.6 Å². The molecule has 34 heavy (non-hydrogen) atoms. The van der Waals surface area contributed by atoms with Gasteiger partial charge in [-0.05, 0) is 37.0 Å². The average molecular weight is 473 g/mol. The van der Waals surface area contributed by atoms with Gasteiger partial charge < -0.3 is 20.1 Å². The molecule has 0 spiro atoms. The number of ether oxygens (including phenoxy) is 2. The summed E-state index contributed by atoms with van der Waals surface area (Å²) in [4.78, 5) is 25.4. The van der Waals surface area contributed by atoms with Crippen molar-refractivity contribution in [3.05, 3.63) is 30.0 Å². The summed E-state index contributed by atoms with van der Waals surface area (Å²) in [5, 5.41) is 10.5.